The second-order valence-electron chi connectivity index (χ2n) is 2.29. The van der Waals surface area contributed by atoms with Crippen LogP contribution in [0.25, 0.3) is 0 Å². The van der Waals surface area contributed by atoms with E-state index in [-0.39, 0.29) is 5.92 Å². The zero-order chi connectivity index (χ0) is 8.27. The molecule has 0 amide bonds. The highest BCUT2D eigenvalue weighted by Crippen LogP contribution is 2.16. The fraction of sp³-hybridized carbons (Fsp3) is 0.250. The summed E-state index contributed by atoms with van der Waals surface area (Å²) in [6.07, 6.45) is 3.41. The van der Waals surface area contributed by atoms with Crippen LogP contribution in [0.15, 0.2) is 22.9 Å². The minimum absolute atomic E-state index is 0.0833. The summed E-state index contributed by atoms with van der Waals surface area (Å²) in [5.74, 6) is -0.0833. The predicted molar refractivity (Wildman–Crippen MR) is 46.0 cm³/mol. The normalized spacial score (nSPS) is 12.1. The Balaban J connectivity index is 2.98. The molecule has 0 aromatic carbocycles. The van der Waals surface area contributed by atoms with Crippen LogP contribution in [-0.4, -0.2) is 4.98 Å². The zero-order valence-corrected chi connectivity index (χ0v) is 7.67. The van der Waals surface area contributed by atoms with Gasteiger partial charge >= 0.3 is 0 Å². The lowest BCUT2D eigenvalue weighted by molar-refractivity contribution is 0.964. The van der Waals surface area contributed by atoms with Crippen molar-refractivity contribution in [2.24, 2.45) is 0 Å². The average molecular weight is 211 g/mol. The van der Waals surface area contributed by atoms with E-state index in [4.69, 9.17) is 5.26 Å². The highest BCUT2D eigenvalue weighted by molar-refractivity contribution is 9.10. The summed E-state index contributed by atoms with van der Waals surface area (Å²) < 4.78 is 0.914. The Hall–Kier alpha value is -0.880. The number of aromatic nitrogens is 1. The van der Waals surface area contributed by atoms with Gasteiger partial charge in [-0.15, -0.1) is 0 Å². The molecule has 0 aliphatic rings. The van der Waals surface area contributed by atoms with Crippen LogP contribution in [0, 0.1) is 11.3 Å². The highest BCUT2D eigenvalue weighted by atomic mass is 79.9. The summed E-state index contributed by atoms with van der Waals surface area (Å²) in [7, 11) is 0. The van der Waals surface area contributed by atoms with Crippen molar-refractivity contribution < 1.29 is 0 Å². The van der Waals surface area contributed by atoms with E-state index < -0.39 is 0 Å². The second kappa shape index (κ2) is 3.49. The molecule has 0 bridgehead atoms. The van der Waals surface area contributed by atoms with E-state index in [0.717, 1.165) is 10.0 Å². The quantitative estimate of drug-likeness (QED) is 0.715. The van der Waals surface area contributed by atoms with E-state index in [2.05, 4.69) is 27.0 Å². The maximum Gasteiger partial charge on any atom is 0.0701 e. The molecule has 3 heteroatoms. The summed E-state index contributed by atoms with van der Waals surface area (Å²) in [6, 6.07) is 4.05. The van der Waals surface area contributed by atoms with Crippen molar-refractivity contribution in [3.05, 3.63) is 28.5 Å². The van der Waals surface area contributed by atoms with E-state index in [1.807, 2.05) is 13.0 Å². The molecule has 0 aliphatic heterocycles. The molecule has 2 nitrogen and oxygen atoms in total. The van der Waals surface area contributed by atoms with Crippen molar-refractivity contribution >= 4 is 15.9 Å². The van der Waals surface area contributed by atoms with Crippen molar-refractivity contribution in [2.75, 3.05) is 0 Å². The van der Waals surface area contributed by atoms with E-state index in [1.165, 1.54) is 0 Å². The van der Waals surface area contributed by atoms with Gasteiger partial charge in [-0.2, -0.15) is 5.26 Å². The Labute approximate surface area is 74.0 Å². The molecule has 1 aromatic rings. The van der Waals surface area contributed by atoms with Gasteiger partial charge in [-0.25, -0.2) is 0 Å². The number of pyridine rings is 1. The highest BCUT2D eigenvalue weighted by Gasteiger charge is 2.02. The number of hydrogen-bond donors (Lipinski definition) is 0. The van der Waals surface area contributed by atoms with Crippen molar-refractivity contribution in [1.82, 2.24) is 4.98 Å². The molecule has 0 fully saturated rings. The van der Waals surface area contributed by atoms with Gasteiger partial charge in [0.05, 0.1) is 12.0 Å². The van der Waals surface area contributed by atoms with Gasteiger partial charge in [-0.05, 0) is 34.5 Å². The van der Waals surface area contributed by atoms with Gasteiger partial charge in [-0.1, -0.05) is 0 Å². The third-order valence-corrected chi connectivity index (χ3v) is 1.85. The minimum atomic E-state index is -0.0833. The first-order chi connectivity index (χ1) is 5.24. The van der Waals surface area contributed by atoms with Crippen LogP contribution < -0.4 is 0 Å². The number of hydrogen-bond acceptors (Lipinski definition) is 2. The smallest absolute Gasteiger partial charge is 0.0701 e. The lowest BCUT2D eigenvalue weighted by atomic mass is 10.1. The van der Waals surface area contributed by atoms with Crippen molar-refractivity contribution in [1.29, 1.82) is 5.26 Å². The first kappa shape index (κ1) is 8.22. The molecule has 1 rings (SSSR count). The van der Waals surface area contributed by atoms with Gasteiger partial charge in [0, 0.05) is 16.9 Å². The van der Waals surface area contributed by atoms with E-state index in [9.17, 15) is 0 Å². The average Bonchev–Trinajstić information content (AvgIpc) is 2.03. The lowest BCUT2D eigenvalue weighted by Gasteiger charge is -2.00. The third-order valence-electron chi connectivity index (χ3n) is 1.42. The Kier molecular flexibility index (Phi) is 2.61. The molecule has 1 atom stereocenters. The molecule has 0 spiro atoms. The topological polar surface area (TPSA) is 36.7 Å². The van der Waals surface area contributed by atoms with Gasteiger partial charge in [0.1, 0.15) is 0 Å². The Morgan fingerprint density at radius 1 is 1.64 bits per heavy atom. The standard InChI is InChI=1S/C8H7BrN2/c1-6(3-10)7-2-8(9)5-11-4-7/h2,4-6H,1H3/t6-/m0/s1. The van der Waals surface area contributed by atoms with E-state index in [1.54, 1.807) is 12.4 Å². The molecule has 0 aliphatic carbocycles. The fourth-order valence-corrected chi connectivity index (χ4v) is 1.12. The molecule has 1 aromatic heterocycles. The molecule has 0 unspecified atom stereocenters. The Bertz CT molecular complexity index is 290. The first-order valence-corrected chi connectivity index (χ1v) is 4.03. The summed E-state index contributed by atoms with van der Waals surface area (Å²) in [4.78, 5) is 3.96. The fourth-order valence-electron chi connectivity index (χ4n) is 0.740. The largest absolute Gasteiger partial charge is 0.263 e. The van der Waals surface area contributed by atoms with Crippen molar-refractivity contribution in [3.8, 4) is 6.07 Å². The second-order valence-corrected chi connectivity index (χ2v) is 3.20. The van der Waals surface area contributed by atoms with Crippen molar-refractivity contribution in [3.63, 3.8) is 0 Å². The Morgan fingerprint density at radius 3 is 2.91 bits per heavy atom. The van der Waals surface area contributed by atoms with Crippen LogP contribution in [0.5, 0.6) is 0 Å². The number of nitriles is 1. The Morgan fingerprint density at radius 2 is 2.36 bits per heavy atom. The maximum absolute atomic E-state index is 8.59. The van der Waals surface area contributed by atoms with Gasteiger partial charge < -0.3 is 0 Å². The molecule has 56 valence electrons. The van der Waals surface area contributed by atoms with Gasteiger partial charge in [0.25, 0.3) is 0 Å². The van der Waals surface area contributed by atoms with Gasteiger partial charge in [-0.3, -0.25) is 4.98 Å². The molecular weight excluding hydrogens is 204 g/mol. The first-order valence-electron chi connectivity index (χ1n) is 3.24. The van der Waals surface area contributed by atoms with Crippen molar-refractivity contribution in [2.45, 2.75) is 12.8 Å². The van der Waals surface area contributed by atoms with Gasteiger partial charge in [0.15, 0.2) is 0 Å². The summed E-state index contributed by atoms with van der Waals surface area (Å²) in [5.41, 5.74) is 0.946. The van der Waals surface area contributed by atoms with Crippen LogP contribution in [0.1, 0.15) is 18.4 Å². The predicted octanol–water partition coefficient (Wildman–Crippen LogP) is 2.47. The maximum atomic E-state index is 8.59. The number of nitrogens with zero attached hydrogens (tertiary/aromatic N) is 2. The summed E-state index contributed by atoms with van der Waals surface area (Å²) in [6.45, 7) is 1.85. The third kappa shape index (κ3) is 2.02. The minimum Gasteiger partial charge on any atom is -0.263 e. The van der Waals surface area contributed by atoms with E-state index in [0.29, 0.717) is 0 Å². The zero-order valence-electron chi connectivity index (χ0n) is 6.08. The van der Waals surface area contributed by atoms with Crippen LogP contribution in [0.3, 0.4) is 0 Å². The SMILES string of the molecule is C[C@@H](C#N)c1cncc(Br)c1. The molecule has 0 radical (unpaired) electrons. The monoisotopic (exact) mass is 210 g/mol. The van der Waals surface area contributed by atoms with Crippen LogP contribution >= 0.6 is 15.9 Å². The lowest BCUT2D eigenvalue weighted by Crippen LogP contribution is -1.89. The number of rotatable bonds is 1. The molecule has 0 saturated carbocycles. The van der Waals surface area contributed by atoms with Gasteiger partial charge in [0.2, 0.25) is 0 Å². The van der Waals surface area contributed by atoms with E-state index >= 15 is 0 Å². The van der Waals surface area contributed by atoms with Crippen LogP contribution in [0.2, 0.25) is 0 Å². The van der Waals surface area contributed by atoms with Crippen LogP contribution in [0.4, 0.5) is 0 Å². The molecule has 1 heterocycles. The molecular formula is C8H7BrN2. The number of halogens is 1. The summed E-state index contributed by atoms with van der Waals surface area (Å²) >= 11 is 3.29. The van der Waals surface area contributed by atoms with Crippen LogP contribution in [-0.2, 0) is 0 Å². The molecule has 0 saturated heterocycles. The molecule has 11 heavy (non-hydrogen) atoms. The summed E-state index contributed by atoms with van der Waals surface area (Å²) in [5, 5.41) is 8.59. The molecule has 0 N–H and O–H groups in total.